The third-order valence-corrected chi connectivity index (χ3v) is 4.64. The molecule has 1 N–H and O–H groups in total. The van der Waals surface area contributed by atoms with Gasteiger partial charge in [-0.25, -0.2) is 0 Å². The largest absolute Gasteiger partial charge is 0.480 e. The predicted molar refractivity (Wildman–Crippen MR) is 87.9 cm³/mol. The normalized spacial score (nSPS) is 20.6. The molecule has 1 aliphatic heterocycles. The number of carbonyl (C=O) groups excluding carboxylic acids is 1. The Hall–Kier alpha value is -1.66. The highest BCUT2D eigenvalue weighted by molar-refractivity contribution is 8.14. The van der Waals surface area contributed by atoms with Crippen molar-refractivity contribution in [2.24, 2.45) is 0 Å². The SMILES string of the molecule is C=C(C)/C(=C1\SC(S)N(CC(=O)O)C1=O)c1ccccc1. The number of carboxylic acids is 1. The fraction of sp³-hybridized carbons (Fsp3) is 0.200. The maximum atomic E-state index is 12.5. The van der Waals surface area contributed by atoms with Gasteiger partial charge in [-0.05, 0) is 18.1 Å². The molecule has 1 saturated heterocycles. The summed E-state index contributed by atoms with van der Waals surface area (Å²) >= 11 is 5.55. The second-order valence-corrected chi connectivity index (χ2v) is 6.55. The van der Waals surface area contributed by atoms with Crippen LogP contribution >= 0.6 is 24.4 Å². The van der Waals surface area contributed by atoms with Gasteiger partial charge < -0.3 is 10.0 Å². The Morgan fingerprint density at radius 1 is 1.43 bits per heavy atom. The van der Waals surface area contributed by atoms with Gasteiger partial charge in [0.1, 0.15) is 11.3 Å². The summed E-state index contributed by atoms with van der Waals surface area (Å²) in [6.07, 6.45) is 0. The van der Waals surface area contributed by atoms with Crippen molar-refractivity contribution in [2.45, 2.75) is 11.6 Å². The van der Waals surface area contributed by atoms with Gasteiger partial charge in [0.15, 0.2) is 0 Å². The van der Waals surface area contributed by atoms with Crippen molar-refractivity contribution in [1.29, 1.82) is 0 Å². The molecule has 2 rings (SSSR count). The molecule has 1 atom stereocenters. The second kappa shape index (κ2) is 6.41. The van der Waals surface area contributed by atoms with Gasteiger partial charge in [-0.1, -0.05) is 48.7 Å². The molecule has 110 valence electrons. The Balaban J connectivity index is 2.48. The molecule has 6 heteroatoms. The molecule has 1 amide bonds. The summed E-state index contributed by atoms with van der Waals surface area (Å²) in [5.74, 6) is -1.37. The predicted octanol–water partition coefficient (Wildman–Crippen LogP) is 2.85. The van der Waals surface area contributed by atoms with E-state index in [4.69, 9.17) is 5.11 Å². The van der Waals surface area contributed by atoms with Gasteiger partial charge in [-0.2, -0.15) is 0 Å². The van der Waals surface area contributed by atoms with Crippen LogP contribution in [0.15, 0.2) is 47.4 Å². The van der Waals surface area contributed by atoms with Gasteiger partial charge in [0.2, 0.25) is 0 Å². The number of hydrogen-bond acceptors (Lipinski definition) is 4. The van der Waals surface area contributed by atoms with Crippen molar-refractivity contribution in [3.05, 3.63) is 53.0 Å². The maximum Gasteiger partial charge on any atom is 0.323 e. The highest BCUT2D eigenvalue weighted by atomic mass is 32.2. The van der Waals surface area contributed by atoms with E-state index in [-0.39, 0.29) is 12.5 Å². The van der Waals surface area contributed by atoms with Gasteiger partial charge in [0.05, 0.1) is 4.91 Å². The monoisotopic (exact) mass is 321 g/mol. The molecule has 1 unspecified atom stereocenters. The number of carboxylic acid groups (broad SMARTS) is 1. The van der Waals surface area contributed by atoms with E-state index in [9.17, 15) is 9.59 Å². The Labute approximate surface area is 132 Å². The van der Waals surface area contributed by atoms with Crippen LogP contribution in [0.1, 0.15) is 12.5 Å². The van der Waals surface area contributed by atoms with Crippen LogP contribution in [0.2, 0.25) is 0 Å². The van der Waals surface area contributed by atoms with Crippen molar-refractivity contribution in [1.82, 2.24) is 4.90 Å². The van der Waals surface area contributed by atoms with Crippen LogP contribution < -0.4 is 0 Å². The van der Waals surface area contributed by atoms with Crippen LogP contribution in [0.3, 0.4) is 0 Å². The third kappa shape index (κ3) is 3.33. The van der Waals surface area contributed by atoms with Gasteiger partial charge in [-0.15, -0.1) is 12.6 Å². The first-order valence-electron chi connectivity index (χ1n) is 6.25. The molecule has 4 nitrogen and oxygen atoms in total. The maximum absolute atomic E-state index is 12.5. The van der Waals surface area contributed by atoms with Crippen LogP contribution in [0.25, 0.3) is 5.57 Å². The quantitative estimate of drug-likeness (QED) is 0.661. The number of hydrogen-bond donors (Lipinski definition) is 2. The first-order valence-corrected chi connectivity index (χ1v) is 7.64. The van der Waals surface area contributed by atoms with Crippen LogP contribution in [0, 0.1) is 0 Å². The lowest BCUT2D eigenvalue weighted by Crippen LogP contribution is -2.34. The van der Waals surface area contributed by atoms with Crippen molar-refractivity contribution in [3.8, 4) is 0 Å². The van der Waals surface area contributed by atoms with Crippen LogP contribution in [0.4, 0.5) is 0 Å². The minimum atomic E-state index is -1.05. The summed E-state index contributed by atoms with van der Waals surface area (Å²) < 4.78 is -0.498. The Kier molecular flexibility index (Phi) is 4.80. The Bertz CT molecular complexity index is 625. The number of rotatable bonds is 4. The van der Waals surface area contributed by atoms with Crippen LogP contribution in [-0.4, -0.2) is 33.1 Å². The highest BCUT2D eigenvalue weighted by Gasteiger charge is 2.37. The number of thiol groups is 1. The molecule has 1 aliphatic rings. The van der Waals surface area contributed by atoms with Crippen molar-refractivity contribution >= 4 is 41.8 Å². The number of thioether (sulfide) groups is 1. The molecule has 0 saturated carbocycles. The summed E-state index contributed by atoms with van der Waals surface area (Å²) in [5.41, 5.74) is 2.39. The third-order valence-electron chi connectivity index (χ3n) is 2.97. The average molecular weight is 321 g/mol. The molecule has 1 aromatic rings. The van der Waals surface area contributed by atoms with E-state index < -0.39 is 10.7 Å². The Morgan fingerprint density at radius 2 is 2.05 bits per heavy atom. The van der Waals surface area contributed by atoms with E-state index in [1.165, 1.54) is 16.7 Å². The molecular weight excluding hydrogens is 306 g/mol. The lowest BCUT2D eigenvalue weighted by Gasteiger charge is -2.16. The fourth-order valence-corrected chi connectivity index (χ4v) is 3.73. The summed E-state index contributed by atoms with van der Waals surface area (Å²) in [7, 11) is 0. The van der Waals surface area contributed by atoms with Gasteiger partial charge in [0, 0.05) is 5.57 Å². The van der Waals surface area contributed by atoms with E-state index in [0.29, 0.717) is 4.91 Å². The molecular formula is C15H15NO3S2. The van der Waals surface area contributed by atoms with Crippen molar-refractivity contribution in [2.75, 3.05) is 6.54 Å². The summed E-state index contributed by atoms with van der Waals surface area (Å²) in [6.45, 7) is 5.41. The molecule has 0 radical (unpaired) electrons. The minimum Gasteiger partial charge on any atom is -0.480 e. The number of nitrogens with zero attached hydrogens (tertiary/aromatic N) is 1. The van der Waals surface area contributed by atoms with Gasteiger partial charge in [0.25, 0.3) is 5.91 Å². The lowest BCUT2D eigenvalue weighted by molar-refractivity contribution is -0.142. The molecule has 21 heavy (non-hydrogen) atoms. The molecule has 1 aromatic carbocycles. The minimum absolute atomic E-state index is 0.316. The summed E-state index contributed by atoms with van der Waals surface area (Å²) in [6, 6.07) is 9.47. The number of allylic oxidation sites excluding steroid dienone is 2. The van der Waals surface area contributed by atoms with E-state index >= 15 is 0 Å². The zero-order valence-corrected chi connectivity index (χ0v) is 13.2. The first-order chi connectivity index (χ1) is 9.91. The fourth-order valence-electron chi connectivity index (χ4n) is 2.09. The molecule has 1 fully saturated rings. The number of amides is 1. The summed E-state index contributed by atoms with van der Waals surface area (Å²) in [5, 5.41) is 8.89. The van der Waals surface area contributed by atoms with E-state index in [2.05, 4.69) is 19.2 Å². The lowest BCUT2D eigenvalue weighted by atomic mass is 9.99. The van der Waals surface area contributed by atoms with E-state index in [1.54, 1.807) is 0 Å². The topological polar surface area (TPSA) is 57.6 Å². The smallest absolute Gasteiger partial charge is 0.323 e. The van der Waals surface area contributed by atoms with E-state index in [1.807, 2.05) is 37.3 Å². The molecule has 0 spiro atoms. The Morgan fingerprint density at radius 3 is 2.57 bits per heavy atom. The number of aliphatic carboxylic acids is 1. The molecule has 0 aliphatic carbocycles. The first kappa shape index (κ1) is 15.7. The molecule has 0 bridgehead atoms. The zero-order valence-electron chi connectivity index (χ0n) is 11.4. The highest BCUT2D eigenvalue weighted by Crippen LogP contribution is 2.42. The van der Waals surface area contributed by atoms with Crippen molar-refractivity contribution in [3.63, 3.8) is 0 Å². The number of carbonyl (C=O) groups is 2. The van der Waals surface area contributed by atoms with Crippen LogP contribution in [-0.2, 0) is 9.59 Å². The van der Waals surface area contributed by atoms with Gasteiger partial charge >= 0.3 is 5.97 Å². The van der Waals surface area contributed by atoms with E-state index in [0.717, 1.165) is 16.7 Å². The van der Waals surface area contributed by atoms with Crippen molar-refractivity contribution < 1.29 is 14.7 Å². The van der Waals surface area contributed by atoms with Gasteiger partial charge in [-0.3, -0.25) is 9.59 Å². The summed E-state index contributed by atoms with van der Waals surface area (Å²) in [4.78, 5) is 25.0. The molecule has 0 aromatic heterocycles. The second-order valence-electron chi connectivity index (χ2n) is 4.62. The molecule has 1 heterocycles. The standard InChI is InChI=1S/C15H15NO3S2/c1-9(2)12(10-6-4-3-5-7-10)13-14(19)16(8-11(17)18)15(20)21-13/h3-7,15,20H,1,8H2,2H3,(H,17,18)/b13-12+. The average Bonchev–Trinajstić information content (AvgIpc) is 2.68. The zero-order chi connectivity index (χ0) is 15.6. The van der Waals surface area contributed by atoms with Crippen LogP contribution in [0.5, 0.6) is 0 Å². The number of benzene rings is 1.